The van der Waals surface area contributed by atoms with E-state index in [4.69, 9.17) is 0 Å². The molecule has 0 rings (SSSR count). The van der Waals surface area contributed by atoms with Gasteiger partial charge in [0, 0.05) is 0 Å². The summed E-state index contributed by atoms with van der Waals surface area (Å²) >= 11 is 0. The Hall–Kier alpha value is 1.29. The molecule has 0 aliphatic heterocycles. The molecule has 0 aromatic rings. The largest absolute Gasteiger partial charge is 2.00 e. The molecule has 0 bridgehead atoms. The van der Waals surface area contributed by atoms with Crippen molar-refractivity contribution in [2.75, 3.05) is 0 Å². The Bertz CT molecular complexity index is 27.6. The quantitative estimate of drug-likeness (QED) is 0.398. The summed E-state index contributed by atoms with van der Waals surface area (Å²) in [6, 6.07) is 0. The van der Waals surface area contributed by atoms with Gasteiger partial charge in [0.2, 0.25) is 0 Å². The first-order chi connectivity index (χ1) is 3.46. The van der Waals surface area contributed by atoms with Crippen LogP contribution in [0, 0.1) is 11.8 Å². The summed E-state index contributed by atoms with van der Waals surface area (Å²) in [5.74, 6) is 2.83. The molecule has 0 saturated carbocycles. The number of hydrogen-bond donors (Lipinski definition) is 0. The molecule has 0 amide bonds. The molecule has 0 N–H and O–H groups in total. The fraction of sp³-hybridized carbons (Fsp3) is 0.750. The first kappa shape index (κ1) is 29.5. The van der Waals surface area contributed by atoms with Crippen molar-refractivity contribution in [2.24, 2.45) is 0 Å². The average molecular weight is 233 g/mol. The van der Waals surface area contributed by atoms with Crippen molar-refractivity contribution >= 4 is 0 Å². The molecule has 0 atom stereocenters. The molecule has 11 heavy (non-hydrogen) atoms. The van der Waals surface area contributed by atoms with Crippen molar-refractivity contribution in [1.82, 2.24) is 0 Å². The number of halogens is 2. The van der Waals surface area contributed by atoms with E-state index in [1.54, 1.807) is 0 Å². The third-order valence-corrected chi connectivity index (χ3v) is 0. The van der Waals surface area contributed by atoms with Crippen molar-refractivity contribution in [2.45, 2.75) is 41.5 Å². The van der Waals surface area contributed by atoms with Crippen LogP contribution in [0.25, 0.3) is 0 Å². The summed E-state index contributed by atoms with van der Waals surface area (Å²) < 4.78 is 0. The molecule has 3 heteroatoms. The number of rotatable bonds is 0. The van der Waals surface area contributed by atoms with Crippen LogP contribution in [0.2, 0.25) is 0 Å². The van der Waals surface area contributed by atoms with Gasteiger partial charge in [-0.2, -0.15) is 0 Å². The smallest absolute Gasteiger partial charge is 1.00 e. The summed E-state index contributed by atoms with van der Waals surface area (Å²) in [4.78, 5) is 0. The van der Waals surface area contributed by atoms with E-state index in [1.165, 1.54) is 11.8 Å². The summed E-state index contributed by atoms with van der Waals surface area (Å²) in [5.41, 5.74) is 0. The second-order valence-corrected chi connectivity index (χ2v) is 3.00. The third kappa shape index (κ3) is 582. The zero-order valence-corrected chi connectivity index (χ0v) is 11.3. The Morgan fingerprint density at radius 1 is 0.545 bits per heavy atom. The SMILES string of the molecule is C[C](C)C.C[C](C)C.[Cl-].[Cl-].[Ti+2]. The Morgan fingerprint density at radius 3 is 0.545 bits per heavy atom. The molecule has 0 nitrogen and oxygen atoms in total. The monoisotopic (exact) mass is 232 g/mol. The van der Waals surface area contributed by atoms with Crippen molar-refractivity contribution in [3.8, 4) is 0 Å². The van der Waals surface area contributed by atoms with Gasteiger partial charge in [-0.3, -0.25) is 0 Å². The Morgan fingerprint density at radius 2 is 0.545 bits per heavy atom. The third-order valence-electron chi connectivity index (χ3n) is 0. The Kier molecular flexibility index (Phi) is 60.3. The predicted octanol–water partition coefficient (Wildman–Crippen LogP) is -2.75. The molecular weight excluding hydrogens is 215 g/mol. The number of hydrogen-bond acceptors (Lipinski definition) is 0. The van der Waals surface area contributed by atoms with Crippen LogP contribution in [0.15, 0.2) is 0 Å². The molecule has 0 heterocycles. The minimum atomic E-state index is 0. The molecule has 0 unspecified atom stereocenters. The van der Waals surface area contributed by atoms with Gasteiger partial charge in [0.25, 0.3) is 0 Å². The topological polar surface area (TPSA) is 0 Å². The van der Waals surface area contributed by atoms with Gasteiger partial charge in [0.05, 0.1) is 0 Å². The van der Waals surface area contributed by atoms with Crippen LogP contribution in [-0.2, 0) is 21.7 Å². The van der Waals surface area contributed by atoms with Gasteiger partial charge < -0.3 is 24.8 Å². The van der Waals surface area contributed by atoms with Crippen LogP contribution in [0.1, 0.15) is 41.5 Å². The van der Waals surface area contributed by atoms with E-state index in [2.05, 4.69) is 41.5 Å². The van der Waals surface area contributed by atoms with Gasteiger partial charge in [-0.05, 0) is 11.8 Å². The Balaban J connectivity index is -0.0000000171. The molecule has 0 aromatic carbocycles. The predicted molar refractivity (Wildman–Crippen MR) is 40.5 cm³/mol. The van der Waals surface area contributed by atoms with Gasteiger partial charge in [0.1, 0.15) is 0 Å². The van der Waals surface area contributed by atoms with Crippen LogP contribution in [0.5, 0.6) is 0 Å². The van der Waals surface area contributed by atoms with Gasteiger partial charge in [-0.1, -0.05) is 41.5 Å². The minimum Gasteiger partial charge on any atom is -1.00 e. The normalized spacial score (nSPS) is 6.55. The first-order valence-corrected chi connectivity index (χ1v) is 3.00. The van der Waals surface area contributed by atoms with Crippen molar-refractivity contribution in [3.05, 3.63) is 11.8 Å². The standard InChI is InChI=1S/2C4H9.2ClH.Ti/c2*1-4(2)3;;;/h2*1-3H3;2*1H;/q;;;;+2/p-2. The van der Waals surface area contributed by atoms with E-state index in [1.807, 2.05) is 0 Å². The van der Waals surface area contributed by atoms with E-state index in [-0.39, 0.29) is 46.5 Å². The molecule has 0 aliphatic rings. The molecule has 2 radical (unpaired) electrons. The maximum atomic E-state index is 2.08. The molecule has 0 spiro atoms. The second-order valence-electron chi connectivity index (χ2n) is 3.00. The van der Waals surface area contributed by atoms with Crippen LogP contribution in [0.4, 0.5) is 0 Å². The molecule has 68 valence electrons. The van der Waals surface area contributed by atoms with Crippen LogP contribution < -0.4 is 24.8 Å². The molecule has 0 saturated heterocycles. The molecular formula is C8H18Cl2Ti. The van der Waals surface area contributed by atoms with Crippen molar-refractivity contribution < 1.29 is 46.5 Å². The van der Waals surface area contributed by atoms with E-state index >= 15 is 0 Å². The zero-order valence-electron chi connectivity index (χ0n) is 8.26. The van der Waals surface area contributed by atoms with Crippen LogP contribution in [-0.4, -0.2) is 0 Å². The summed E-state index contributed by atoms with van der Waals surface area (Å²) in [7, 11) is 0. The van der Waals surface area contributed by atoms with Crippen LogP contribution >= 0.6 is 0 Å². The van der Waals surface area contributed by atoms with Gasteiger partial charge in [0.15, 0.2) is 0 Å². The van der Waals surface area contributed by atoms with E-state index in [9.17, 15) is 0 Å². The average Bonchev–Trinajstić information content (AvgIpc) is 1.25. The van der Waals surface area contributed by atoms with Crippen molar-refractivity contribution in [3.63, 3.8) is 0 Å². The van der Waals surface area contributed by atoms with E-state index in [0.717, 1.165) is 0 Å². The van der Waals surface area contributed by atoms with Gasteiger partial charge in [-0.15, -0.1) is 0 Å². The molecule has 0 aromatic heterocycles. The zero-order chi connectivity index (χ0) is 7.15. The maximum Gasteiger partial charge on any atom is 2.00 e. The van der Waals surface area contributed by atoms with E-state index < -0.39 is 0 Å². The molecule has 0 fully saturated rings. The minimum absolute atomic E-state index is 0. The second kappa shape index (κ2) is 22.5. The summed E-state index contributed by atoms with van der Waals surface area (Å²) in [6.45, 7) is 12.5. The van der Waals surface area contributed by atoms with E-state index in [0.29, 0.717) is 0 Å². The molecule has 0 aliphatic carbocycles. The fourth-order valence-corrected chi connectivity index (χ4v) is 0. The summed E-state index contributed by atoms with van der Waals surface area (Å²) in [5, 5.41) is 0. The van der Waals surface area contributed by atoms with Crippen molar-refractivity contribution in [1.29, 1.82) is 0 Å². The fourth-order valence-electron chi connectivity index (χ4n) is 0. The van der Waals surface area contributed by atoms with Gasteiger partial charge >= 0.3 is 21.7 Å². The Labute approximate surface area is 99.6 Å². The summed E-state index contributed by atoms with van der Waals surface area (Å²) in [6.07, 6.45) is 0. The van der Waals surface area contributed by atoms with Crippen LogP contribution in [0.3, 0.4) is 0 Å². The maximum absolute atomic E-state index is 2.08. The van der Waals surface area contributed by atoms with Gasteiger partial charge in [-0.25, -0.2) is 0 Å². The first-order valence-electron chi connectivity index (χ1n) is 3.00.